The first-order chi connectivity index (χ1) is 7.05. The van der Waals surface area contributed by atoms with Crippen LogP contribution >= 0.6 is 0 Å². The van der Waals surface area contributed by atoms with Crippen molar-refractivity contribution in [1.82, 2.24) is 0 Å². The maximum absolute atomic E-state index is 11.3. The second-order valence-electron chi connectivity index (χ2n) is 5.39. The van der Waals surface area contributed by atoms with Crippen LogP contribution in [0.15, 0.2) is 0 Å². The molecule has 0 spiro atoms. The van der Waals surface area contributed by atoms with Gasteiger partial charge in [-0.25, -0.2) is 0 Å². The van der Waals surface area contributed by atoms with E-state index in [0.29, 0.717) is 24.2 Å². The van der Waals surface area contributed by atoms with Gasteiger partial charge in [-0.3, -0.25) is 9.59 Å². The molecule has 0 aliphatic heterocycles. The topological polar surface area (TPSA) is 74.6 Å². The summed E-state index contributed by atoms with van der Waals surface area (Å²) in [5.74, 6) is -0.991. The average Bonchev–Trinajstić information content (AvgIpc) is 2.70. The van der Waals surface area contributed by atoms with Crippen LogP contribution in [0.25, 0.3) is 0 Å². The van der Waals surface area contributed by atoms with E-state index in [-0.39, 0.29) is 5.92 Å². The Morgan fingerprint density at radius 1 is 1.07 bits per heavy atom. The van der Waals surface area contributed by atoms with Crippen LogP contribution in [0.4, 0.5) is 0 Å². The molecule has 0 radical (unpaired) electrons. The molecule has 2 N–H and O–H groups in total. The van der Waals surface area contributed by atoms with Crippen molar-refractivity contribution in [2.75, 3.05) is 0 Å². The standard InChI is InChI=1S/C11H14O4/c12-9(13)11(10(14)15)4-6-1-5-2-7(6)8(11)3-5/h5-8H,1-4H2,(H,12,13)(H,14,15). The van der Waals surface area contributed by atoms with Crippen LogP contribution in [0.5, 0.6) is 0 Å². The van der Waals surface area contributed by atoms with Crippen LogP contribution < -0.4 is 0 Å². The summed E-state index contributed by atoms with van der Waals surface area (Å²) < 4.78 is 0. The van der Waals surface area contributed by atoms with E-state index >= 15 is 0 Å². The zero-order valence-corrected chi connectivity index (χ0v) is 8.35. The minimum atomic E-state index is -1.46. The molecule has 3 aliphatic carbocycles. The lowest BCUT2D eigenvalue weighted by molar-refractivity contribution is -0.168. The Hall–Kier alpha value is -1.06. The van der Waals surface area contributed by atoms with Crippen molar-refractivity contribution in [2.24, 2.45) is 29.1 Å². The van der Waals surface area contributed by atoms with Crippen LogP contribution in [0.1, 0.15) is 25.7 Å². The molecule has 0 aromatic heterocycles. The van der Waals surface area contributed by atoms with Crippen molar-refractivity contribution in [1.29, 1.82) is 0 Å². The monoisotopic (exact) mass is 210 g/mol. The molecule has 2 bridgehead atoms. The van der Waals surface area contributed by atoms with E-state index in [0.717, 1.165) is 19.3 Å². The van der Waals surface area contributed by atoms with E-state index in [9.17, 15) is 19.8 Å². The van der Waals surface area contributed by atoms with Gasteiger partial charge in [-0.05, 0) is 49.4 Å². The fraction of sp³-hybridized carbons (Fsp3) is 0.818. The molecular formula is C11H14O4. The molecule has 4 atom stereocenters. The Morgan fingerprint density at radius 3 is 2.20 bits per heavy atom. The summed E-state index contributed by atoms with van der Waals surface area (Å²) in [5.41, 5.74) is -1.46. The highest BCUT2D eigenvalue weighted by molar-refractivity contribution is 5.99. The van der Waals surface area contributed by atoms with Gasteiger partial charge in [-0.2, -0.15) is 0 Å². The number of aliphatic carboxylic acids is 2. The number of rotatable bonds is 2. The van der Waals surface area contributed by atoms with Crippen molar-refractivity contribution in [3.8, 4) is 0 Å². The summed E-state index contributed by atoms with van der Waals surface area (Å²) in [5, 5.41) is 18.5. The summed E-state index contributed by atoms with van der Waals surface area (Å²) in [6, 6.07) is 0. The Morgan fingerprint density at radius 2 is 1.73 bits per heavy atom. The lowest BCUT2D eigenvalue weighted by Gasteiger charge is -2.26. The first-order valence-electron chi connectivity index (χ1n) is 5.52. The number of carbonyl (C=O) groups is 2. The third-order valence-corrected chi connectivity index (χ3v) is 4.93. The highest BCUT2D eigenvalue weighted by atomic mass is 16.4. The van der Waals surface area contributed by atoms with Gasteiger partial charge in [0.05, 0.1) is 0 Å². The number of fused-ring (bicyclic) bond motifs is 1. The summed E-state index contributed by atoms with van der Waals surface area (Å²) in [6.45, 7) is 0. The minimum absolute atomic E-state index is 0.101. The average molecular weight is 210 g/mol. The van der Waals surface area contributed by atoms with E-state index in [4.69, 9.17) is 0 Å². The summed E-state index contributed by atoms with van der Waals surface area (Å²) in [7, 11) is 0. The second-order valence-corrected chi connectivity index (χ2v) is 5.39. The van der Waals surface area contributed by atoms with Crippen LogP contribution in [0.3, 0.4) is 0 Å². The van der Waals surface area contributed by atoms with E-state index < -0.39 is 17.4 Å². The molecule has 0 aromatic carbocycles. The van der Waals surface area contributed by atoms with Gasteiger partial charge in [0.1, 0.15) is 0 Å². The number of carboxylic acid groups (broad SMARTS) is 2. The van der Waals surface area contributed by atoms with Crippen LogP contribution in [0, 0.1) is 29.1 Å². The normalized spacial score (nSPS) is 44.5. The summed E-state index contributed by atoms with van der Waals surface area (Å²) in [4.78, 5) is 22.6. The van der Waals surface area contributed by atoms with Crippen LogP contribution in [0.2, 0.25) is 0 Å². The lowest BCUT2D eigenvalue weighted by atomic mass is 9.75. The SMILES string of the molecule is O=C(O)C1(C(=O)O)CC2CC3CC2C1C3. The van der Waals surface area contributed by atoms with Gasteiger partial charge in [0, 0.05) is 0 Å². The van der Waals surface area contributed by atoms with Gasteiger partial charge in [0.2, 0.25) is 0 Å². The Balaban J connectivity index is 2.06. The highest BCUT2D eigenvalue weighted by Crippen LogP contribution is 2.66. The number of hydrogen-bond acceptors (Lipinski definition) is 2. The third-order valence-electron chi connectivity index (χ3n) is 4.93. The molecule has 4 nitrogen and oxygen atoms in total. The maximum atomic E-state index is 11.3. The van der Waals surface area contributed by atoms with Gasteiger partial charge >= 0.3 is 11.9 Å². The van der Waals surface area contributed by atoms with Crippen molar-refractivity contribution < 1.29 is 19.8 Å². The molecule has 4 unspecified atom stereocenters. The van der Waals surface area contributed by atoms with Crippen LogP contribution in [-0.4, -0.2) is 22.2 Å². The second kappa shape index (κ2) is 2.54. The first kappa shape index (κ1) is 9.19. The molecule has 3 aliphatic rings. The van der Waals surface area contributed by atoms with E-state index in [1.54, 1.807) is 0 Å². The zero-order chi connectivity index (χ0) is 10.8. The predicted octanol–water partition coefficient (Wildman–Crippen LogP) is 1.21. The summed E-state index contributed by atoms with van der Waals surface area (Å²) >= 11 is 0. The molecule has 15 heavy (non-hydrogen) atoms. The smallest absolute Gasteiger partial charge is 0.321 e. The van der Waals surface area contributed by atoms with E-state index in [2.05, 4.69) is 0 Å². The quantitative estimate of drug-likeness (QED) is 0.672. The fourth-order valence-corrected chi connectivity index (χ4v) is 4.45. The fourth-order valence-electron chi connectivity index (χ4n) is 4.45. The van der Waals surface area contributed by atoms with Crippen LogP contribution in [-0.2, 0) is 9.59 Å². The largest absolute Gasteiger partial charge is 0.480 e. The van der Waals surface area contributed by atoms with Gasteiger partial charge in [0.25, 0.3) is 0 Å². The third kappa shape index (κ3) is 0.880. The maximum Gasteiger partial charge on any atom is 0.321 e. The lowest BCUT2D eigenvalue weighted by Crippen LogP contribution is -2.42. The van der Waals surface area contributed by atoms with Gasteiger partial charge in [-0.1, -0.05) is 0 Å². The molecule has 0 aromatic rings. The Labute approximate surface area is 87.3 Å². The predicted molar refractivity (Wildman–Crippen MR) is 50.1 cm³/mol. The molecule has 4 heteroatoms. The molecular weight excluding hydrogens is 196 g/mol. The van der Waals surface area contributed by atoms with Crippen molar-refractivity contribution in [3.05, 3.63) is 0 Å². The Kier molecular flexibility index (Phi) is 1.56. The molecule has 3 saturated carbocycles. The molecule has 82 valence electrons. The van der Waals surface area contributed by atoms with E-state index in [1.807, 2.05) is 0 Å². The molecule has 0 amide bonds. The van der Waals surface area contributed by atoms with E-state index in [1.165, 1.54) is 0 Å². The number of hydrogen-bond donors (Lipinski definition) is 2. The minimum Gasteiger partial charge on any atom is -0.480 e. The summed E-state index contributed by atoms with van der Waals surface area (Å²) in [6.07, 6.45) is 3.31. The molecule has 3 fully saturated rings. The first-order valence-corrected chi connectivity index (χ1v) is 5.52. The van der Waals surface area contributed by atoms with Crippen molar-refractivity contribution in [2.45, 2.75) is 25.7 Å². The van der Waals surface area contributed by atoms with Gasteiger partial charge in [0.15, 0.2) is 5.41 Å². The number of carboxylic acids is 2. The molecule has 0 heterocycles. The van der Waals surface area contributed by atoms with Gasteiger partial charge < -0.3 is 10.2 Å². The van der Waals surface area contributed by atoms with Crippen molar-refractivity contribution >= 4 is 11.9 Å². The van der Waals surface area contributed by atoms with Gasteiger partial charge in [-0.15, -0.1) is 0 Å². The highest BCUT2D eigenvalue weighted by Gasteiger charge is 2.68. The molecule has 3 rings (SSSR count). The Bertz CT molecular complexity index is 332. The zero-order valence-electron chi connectivity index (χ0n) is 8.35. The molecule has 0 saturated heterocycles. The van der Waals surface area contributed by atoms with Crippen molar-refractivity contribution in [3.63, 3.8) is 0 Å².